The van der Waals surface area contributed by atoms with E-state index >= 15 is 0 Å². The van der Waals surface area contributed by atoms with Crippen molar-refractivity contribution in [1.29, 1.82) is 0 Å². The summed E-state index contributed by atoms with van der Waals surface area (Å²) in [7, 11) is 1.98. The van der Waals surface area contributed by atoms with Crippen molar-refractivity contribution < 1.29 is 0 Å². The third-order valence-electron chi connectivity index (χ3n) is 2.77. The average molecular weight is 255 g/mol. The first-order valence-corrected chi connectivity index (χ1v) is 5.87. The molecule has 3 rings (SSSR count). The van der Waals surface area contributed by atoms with Crippen LogP contribution in [0.1, 0.15) is 11.4 Å². The zero-order valence-electron chi connectivity index (χ0n) is 10.7. The Morgan fingerprint density at radius 2 is 2.16 bits per heavy atom. The molecule has 0 unspecified atom stereocenters. The Morgan fingerprint density at radius 1 is 1.26 bits per heavy atom. The van der Waals surface area contributed by atoms with Gasteiger partial charge in [-0.05, 0) is 6.92 Å². The molecule has 0 aromatic carbocycles. The zero-order chi connectivity index (χ0) is 13.2. The summed E-state index contributed by atoms with van der Waals surface area (Å²) < 4.78 is 1.71. The van der Waals surface area contributed by atoms with Crippen LogP contribution in [0.25, 0.3) is 5.78 Å². The van der Waals surface area contributed by atoms with E-state index in [1.54, 1.807) is 23.1 Å². The van der Waals surface area contributed by atoms with Crippen molar-refractivity contribution in [3.63, 3.8) is 0 Å². The van der Waals surface area contributed by atoms with E-state index in [9.17, 15) is 0 Å². The summed E-state index contributed by atoms with van der Waals surface area (Å²) in [5.74, 6) is 1.52. The number of fused-ring (bicyclic) bond motifs is 1. The Kier molecular flexibility index (Phi) is 2.79. The van der Waals surface area contributed by atoms with E-state index in [0.29, 0.717) is 12.3 Å². The second-order valence-electron chi connectivity index (χ2n) is 4.28. The predicted molar refractivity (Wildman–Crippen MR) is 69.7 cm³/mol. The smallest absolute Gasteiger partial charge is 0.254 e. The molecule has 7 nitrogen and oxygen atoms in total. The van der Waals surface area contributed by atoms with Crippen LogP contribution >= 0.6 is 0 Å². The van der Waals surface area contributed by atoms with Crippen LogP contribution in [0, 0.1) is 6.92 Å². The summed E-state index contributed by atoms with van der Waals surface area (Å²) in [6.45, 7) is 2.58. The topological polar surface area (TPSA) is 72.1 Å². The van der Waals surface area contributed by atoms with Crippen molar-refractivity contribution in [3.05, 3.63) is 42.4 Å². The molecule has 3 aromatic heterocycles. The van der Waals surface area contributed by atoms with Gasteiger partial charge in [-0.1, -0.05) is 0 Å². The van der Waals surface area contributed by atoms with Crippen molar-refractivity contribution >= 4 is 11.6 Å². The summed E-state index contributed by atoms with van der Waals surface area (Å²) in [5.41, 5.74) is 1.80. The molecule has 0 fully saturated rings. The van der Waals surface area contributed by atoms with E-state index in [0.717, 1.165) is 17.2 Å². The van der Waals surface area contributed by atoms with Gasteiger partial charge in [0.2, 0.25) is 0 Å². The fourth-order valence-corrected chi connectivity index (χ4v) is 1.92. The molecule has 0 bridgehead atoms. The van der Waals surface area contributed by atoms with Gasteiger partial charge in [-0.25, -0.2) is 4.98 Å². The molecule has 0 aliphatic carbocycles. The third-order valence-corrected chi connectivity index (χ3v) is 2.77. The SMILES string of the molecule is Cc1cc(N(C)Cc2cnccn2)n2ncnc2n1. The van der Waals surface area contributed by atoms with Gasteiger partial charge < -0.3 is 4.90 Å². The highest BCUT2D eigenvalue weighted by molar-refractivity contribution is 5.46. The van der Waals surface area contributed by atoms with Crippen LogP contribution in [0.2, 0.25) is 0 Å². The molecule has 19 heavy (non-hydrogen) atoms. The molecule has 0 radical (unpaired) electrons. The van der Waals surface area contributed by atoms with E-state index in [1.165, 1.54) is 6.33 Å². The molecule has 7 heteroatoms. The molecule has 3 aromatic rings. The number of hydrogen-bond acceptors (Lipinski definition) is 6. The van der Waals surface area contributed by atoms with E-state index in [2.05, 4.69) is 25.0 Å². The summed E-state index contributed by atoms with van der Waals surface area (Å²) in [6.07, 6.45) is 6.60. The lowest BCUT2D eigenvalue weighted by atomic mass is 10.3. The van der Waals surface area contributed by atoms with Gasteiger partial charge in [0.1, 0.15) is 12.1 Å². The third kappa shape index (κ3) is 2.22. The number of nitrogens with zero attached hydrogens (tertiary/aromatic N) is 7. The Hall–Kier alpha value is -2.57. The van der Waals surface area contributed by atoms with Crippen molar-refractivity contribution in [2.45, 2.75) is 13.5 Å². The molecular weight excluding hydrogens is 242 g/mol. The molecule has 0 aliphatic rings. The lowest BCUT2D eigenvalue weighted by molar-refractivity contribution is 0.807. The van der Waals surface area contributed by atoms with Gasteiger partial charge in [0, 0.05) is 31.2 Å². The van der Waals surface area contributed by atoms with Gasteiger partial charge in [0.15, 0.2) is 0 Å². The first kappa shape index (κ1) is 11.5. The van der Waals surface area contributed by atoms with E-state index < -0.39 is 0 Å². The molecule has 0 amide bonds. The van der Waals surface area contributed by atoms with Crippen LogP contribution in [0.15, 0.2) is 31.0 Å². The molecule has 0 N–H and O–H groups in total. The molecule has 0 saturated carbocycles. The summed E-state index contributed by atoms with van der Waals surface area (Å²) in [6, 6.07) is 1.97. The number of hydrogen-bond donors (Lipinski definition) is 0. The molecule has 3 heterocycles. The lowest BCUT2D eigenvalue weighted by Gasteiger charge is -2.19. The van der Waals surface area contributed by atoms with Gasteiger partial charge in [-0.2, -0.15) is 14.6 Å². The maximum absolute atomic E-state index is 4.32. The fourth-order valence-electron chi connectivity index (χ4n) is 1.92. The monoisotopic (exact) mass is 255 g/mol. The van der Waals surface area contributed by atoms with Crippen molar-refractivity contribution in [1.82, 2.24) is 29.5 Å². The first-order valence-electron chi connectivity index (χ1n) is 5.87. The van der Waals surface area contributed by atoms with Crippen LogP contribution in [0.5, 0.6) is 0 Å². The Morgan fingerprint density at radius 3 is 2.95 bits per heavy atom. The van der Waals surface area contributed by atoms with Gasteiger partial charge in [-0.3, -0.25) is 9.97 Å². The normalized spacial score (nSPS) is 10.8. The van der Waals surface area contributed by atoms with Gasteiger partial charge in [-0.15, -0.1) is 0 Å². The Balaban J connectivity index is 1.97. The summed E-state index contributed by atoms with van der Waals surface area (Å²) in [4.78, 5) is 18.8. The van der Waals surface area contributed by atoms with E-state index in [1.807, 2.05) is 24.9 Å². The van der Waals surface area contributed by atoms with Crippen LogP contribution in [0.4, 0.5) is 5.82 Å². The van der Waals surface area contributed by atoms with Crippen molar-refractivity contribution in [3.8, 4) is 0 Å². The van der Waals surface area contributed by atoms with Crippen LogP contribution in [0.3, 0.4) is 0 Å². The predicted octanol–water partition coefficient (Wildman–Crippen LogP) is 0.859. The van der Waals surface area contributed by atoms with Crippen molar-refractivity contribution in [2.24, 2.45) is 0 Å². The molecule has 0 spiro atoms. The molecule has 0 saturated heterocycles. The minimum absolute atomic E-state index is 0.598. The molecule has 0 atom stereocenters. The number of aryl methyl sites for hydroxylation is 1. The quantitative estimate of drug-likeness (QED) is 0.691. The highest BCUT2D eigenvalue weighted by atomic mass is 15.4. The zero-order valence-corrected chi connectivity index (χ0v) is 10.7. The number of rotatable bonds is 3. The van der Waals surface area contributed by atoms with Gasteiger partial charge in [0.05, 0.1) is 18.4 Å². The molecule has 96 valence electrons. The fraction of sp³-hybridized carbons (Fsp3) is 0.250. The molecular formula is C12H13N7. The Bertz CT molecular complexity index is 692. The largest absolute Gasteiger partial charge is 0.353 e. The minimum Gasteiger partial charge on any atom is -0.353 e. The van der Waals surface area contributed by atoms with Crippen LogP contribution in [-0.4, -0.2) is 36.6 Å². The number of anilines is 1. The van der Waals surface area contributed by atoms with Gasteiger partial charge >= 0.3 is 0 Å². The number of aromatic nitrogens is 6. The summed E-state index contributed by atoms with van der Waals surface area (Å²) in [5, 5.41) is 4.19. The molecule has 0 aliphatic heterocycles. The maximum atomic E-state index is 4.32. The summed E-state index contributed by atoms with van der Waals surface area (Å²) >= 11 is 0. The van der Waals surface area contributed by atoms with Crippen LogP contribution in [-0.2, 0) is 6.54 Å². The maximum Gasteiger partial charge on any atom is 0.254 e. The average Bonchev–Trinajstić information content (AvgIpc) is 2.86. The Labute approximate surface area is 110 Å². The van der Waals surface area contributed by atoms with E-state index in [4.69, 9.17) is 0 Å². The second-order valence-corrected chi connectivity index (χ2v) is 4.28. The highest BCUT2D eigenvalue weighted by Gasteiger charge is 2.10. The van der Waals surface area contributed by atoms with Crippen molar-refractivity contribution in [2.75, 3.05) is 11.9 Å². The first-order chi connectivity index (χ1) is 9.24. The minimum atomic E-state index is 0.598. The van der Waals surface area contributed by atoms with Gasteiger partial charge in [0.25, 0.3) is 5.78 Å². The van der Waals surface area contributed by atoms with E-state index in [-0.39, 0.29) is 0 Å². The highest BCUT2D eigenvalue weighted by Crippen LogP contribution is 2.15. The van der Waals surface area contributed by atoms with Crippen LogP contribution < -0.4 is 4.90 Å². The standard InChI is InChI=1S/C12H13N7/c1-9-5-11(19-12(17-9)15-8-16-19)18(2)7-10-6-13-3-4-14-10/h3-6,8H,7H2,1-2H3. The lowest BCUT2D eigenvalue weighted by Crippen LogP contribution is -2.21. The second kappa shape index (κ2) is 4.60.